The molecule has 1 fully saturated rings. The van der Waals surface area contributed by atoms with Gasteiger partial charge in [-0.05, 0) is 38.0 Å². The Kier molecular flexibility index (Phi) is 5.79. The van der Waals surface area contributed by atoms with Crippen molar-refractivity contribution in [2.45, 2.75) is 30.6 Å². The van der Waals surface area contributed by atoms with Crippen LogP contribution in [0.5, 0.6) is 0 Å². The van der Waals surface area contributed by atoms with E-state index in [0.717, 1.165) is 12.1 Å². The van der Waals surface area contributed by atoms with E-state index in [2.05, 4.69) is 4.98 Å². The maximum Gasteiger partial charge on any atom is 0.275 e. The Hall–Kier alpha value is -1.97. The fourth-order valence-electron chi connectivity index (χ4n) is 3.13. The minimum atomic E-state index is -3.76. The van der Waals surface area contributed by atoms with Crippen molar-refractivity contribution in [3.05, 3.63) is 46.4 Å². The molecule has 28 heavy (non-hydrogen) atoms. The first-order valence-electron chi connectivity index (χ1n) is 8.75. The predicted octanol–water partition coefficient (Wildman–Crippen LogP) is 3.05. The average Bonchev–Trinajstić information content (AvgIpc) is 3.04. The maximum absolute atomic E-state index is 13.3. The third-order valence-corrected chi connectivity index (χ3v) is 6.94. The number of amides is 1. The molecule has 1 amide bonds. The number of nitrogens with zero attached hydrogens (tertiary/aromatic N) is 3. The van der Waals surface area contributed by atoms with Crippen molar-refractivity contribution in [3.63, 3.8) is 0 Å². The number of rotatable bonds is 4. The molecule has 2 heterocycles. The molecule has 1 saturated heterocycles. The van der Waals surface area contributed by atoms with E-state index in [4.69, 9.17) is 16.0 Å². The smallest absolute Gasteiger partial charge is 0.275 e. The van der Waals surface area contributed by atoms with Gasteiger partial charge in [0.1, 0.15) is 11.6 Å². The van der Waals surface area contributed by atoms with E-state index in [9.17, 15) is 17.6 Å². The maximum atomic E-state index is 13.3. The highest BCUT2D eigenvalue weighted by atomic mass is 35.5. The van der Waals surface area contributed by atoms with Crippen LogP contribution in [0.15, 0.2) is 27.5 Å². The van der Waals surface area contributed by atoms with Crippen LogP contribution >= 0.6 is 11.6 Å². The van der Waals surface area contributed by atoms with Gasteiger partial charge in [-0.3, -0.25) is 4.79 Å². The molecule has 1 aromatic heterocycles. The van der Waals surface area contributed by atoms with Gasteiger partial charge in [0.25, 0.3) is 5.91 Å². The quantitative estimate of drug-likeness (QED) is 0.745. The van der Waals surface area contributed by atoms with Crippen LogP contribution in [0.1, 0.15) is 40.9 Å². The van der Waals surface area contributed by atoms with Gasteiger partial charge in [-0.25, -0.2) is 17.8 Å². The highest BCUT2D eigenvalue weighted by molar-refractivity contribution is 7.89. The van der Waals surface area contributed by atoms with Crippen LogP contribution in [0.4, 0.5) is 4.39 Å². The summed E-state index contributed by atoms with van der Waals surface area (Å²) in [6.45, 7) is 2.21. The Morgan fingerprint density at radius 2 is 1.96 bits per heavy atom. The third kappa shape index (κ3) is 3.92. The van der Waals surface area contributed by atoms with E-state index in [1.165, 1.54) is 15.3 Å². The van der Waals surface area contributed by atoms with E-state index in [1.54, 1.807) is 21.0 Å². The molecule has 0 unspecified atom stereocenters. The van der Waals surface area contributed by atoms with Gasteiger partial charge in [0, 0.05) is 33.1 Å². The number of carbonyl (C=O) groups excluding carboxylic acids is 1. The largest absolute Gasteiger partial charge is 0.445 e. The summed E-state index contributed by atoms with van der Waals surface area (Å²) in [5.74, 6) is -0.0812. The number of halogens is 2. The molecular weight excluding hydrogens is 409 g/mol. The number of piperidine rings is 1. The van der Waals surface area contributed by atoms with Crippen molar-refractivity contribution < 1.29 is 22.0 Å². The van der Waals surface area contributed by atoms with Crippen LogP contribution in [-0.4, -0.2) is 55.7 Å². The lowest BCUT2D eigenvalue weighted by Crippen LogP contribution is -2.38. The number of aromatic nitrogens is 1. The zero-order valence-corrected chi connectivity index (χ0v) is 17.3. The first-order valence-corrected chi connectivity index (χ1v) is 10.6. The number of oxazole rings is 1. The fraction of sp³-hybridized carbons (Fsp3) is 0.444. The van der Waals surface area contributed by atoms with Gasteiger partial charge in [0.2, 0.25) is 10.0 Å². The van der Waals surface area contributed by atoms with Gasteiger partial charge in [0.05, 0.1) is 9.92 Å². The summed E-state index contributed by atoms with van der Waals surface area (Å²) in [6.07, 6.45) is 1.01. The van der Waals surface area contributed by atoms with E-state index >= 15 is 0 Å². The molecule has 1 aliphatic rings. The Labute approximate surface area is 168 Å². The van der Waals surface area contributed by atoms with Crippen molar-refractivity contribution in [2.24, 2.45) is 0 Å². The first-order chi connectivity index (χ1) is 13.1. The molecule has 0 atom stereocenters. The van der Waals surface area contributed by atoms with Crippen LogP contribution in [0.2, 0.25) is 5.02 Å². The van der Waals surface area contributed by atoms with Gasteiger partial charge in [-0.1, -0.05) is 11.6 Å². The Balaban J connectivity index is 1.73. The van der Waals surface area contributed by atoms with Crippen molar-refractivity contribution in [1.29, 1.82) is 0 Å². The van der Waals surface area contributed by atoms with Crippen LogP contribution < -0.4 is 0 Å². The molecule has 0 bridgehead atoms. The number of benzene rings is 1. The summed E-state index contributed by atoms with van der Waals surface area (Å²) in [7, 11) is -0.484. The molecule has 1 aliphatic heterocycles. The molecule has 0 radical (unpaired) electrons. The lowest BCUT2D eigenvalue weighted by atomic mass is 9.98. The van der Waals surface area contributed by atoms with Gasteiger partial charge >= 0.3 is 0 Å². The zero-order valence-electron chi connectivity index (χ0n) is 15.8. The van der Waals surface area contributed by atoms with Gasteiger partial charge in [-0.15, -0.1) is 0 Å². The van der Waals surface area contributed by atoms with Crippen LogP contribution in [0.3, 0.4) is 0 Å². The summed E-state index contributed by atoms with van der Waals surface area (Å²) in [5.41, 5.74) is 0.274. The second kappa shape index (κ2) is 7.81. The highest BCUT2D eigenvalue weighted by Gasteiger charge is 2.33. The SMILES string of the molecule is Cc1oc(C2CCN(S(=O)(=O)c3ccc(F)c(Cl)c3)CC2)nc1C(=O)N(C)C. The van der Waals surface area contributed by atoms with Crippen LogP contribution in [0.25, 0.3) is 0 Å². The predicted molar refractivity (Wildman–Crippen MR) is 101 cm³/mol. The third-order valence-electron chi connectivity index (χ3n) is 4.75. The molecule has 0 spiro atoms. The van der Waals surface area contributed by atoms with E-state index in [0.29, 0.717) is 24.5 Å². The van der Waals surface area contributed by atoms with Crippen molar-refractivity contribution >= 4 is 27.5 Å². The normalized spacial score (nSPS) is 16.3. The summed E-state index contributed by atoms with van der Waals surface area (Å²) in [6, 6.07) is 3.37. The number of hydrogen-bond donors (Lipinski definition) is 0. The second-order valence-electron chi connectivity index (χ2n) is 6.91. The Bertz CT molecular complexity index is 998. The molecule has 0 aliphatic carbocycles. The van der Waals surface area contributed by atoms with Gasteiger partial charge in [-0.2, -0.15) is 4.31 Å². The lowest BCUT2D eigenvalue weighted by molar-refractivity contribution is 0.0821. The molecule has 0 N–H and O–H groups in total. The molecule has 152 valence electrons. The molecular formula is C18H21ClFN3O4S. The molecule has 10 heteroatoms. The average molecular weight is 430 g/mol. The number of sulfonamides is 1. The first kappa shape index (κ1) is 20.8. The van der Waals surface area contributed by atoms with Crippen molar-refractivity contribution in [3.8, 4) is 0 Å². The van der Waals surface area contributed by atoms with E-state index in [-0.39, 0.29) is 40.5 Å². The standard InChI is InChI=1S/C18H21ClFN3O4S/c1-11-16(18(24)22(2)3)21-17(27-11)12-6-8-23(9-7-12)28(25,26)13-4-5-15(20)14(19)10-13/h4-5,10,12H,6-9H2,1-3H3. The van der Waals surface area contributed by atoms with Crippen LogP contribution in [0, 0.1) is 12.7 Å². The fourth-order valence-corrected chi connectivity index (χ4v) is 4.87. The Morgan fingerprint density at radius 1 is 1.32 bits per heavy atom. The van der Waals surface area contributed by atoms with E-state index in [1.807, 2.05) is 0 Å². The zero-order chi connectivity index (χ0) is 20.6. The minimum absolute atomic E-state index is 0.0387. The molecule has 0 saturated carbocycles. The minimum Gasteiger partial charge on any atom is -0.445 e. The topological polar surface area (TPSA) is 83.7 Å². The molecule has 7 nitrogen and oxygen atoms in total. The molecule has 1 aromatic carbocycles. The lowest BCUT2D eigenvalue weighted by Gasteiger charge is -2.29. The summed E-state index contributed by atoms with van der Waals surface area (Å²) >= 11 is 5.72. The van der Waals surface area contributed by atoms with Gasteiger partial charge < -0.3 is 9.32 Å². The summed E-state index contributed by atoms with van der Waals surface area (Å²) in [5, 5.41) is -0.232. The molecule has 2 aromatic rings. The highest BCUT2D eigenvalue weighted by Crippen LogP contribution is 2.32. The number of aryl methyl sites for hydroxylation is 1. The summed E-state index contributed by atoms with van der Waals surface area (Å²) < 4.78 is 45.9. The van der Waals surface area contributed by atoms with Crippen molar-refractivity contribution in [2.75, 3.05) is 27.2 Å². The number of carbonyl (C=O) groups is 1. The Morgan fingerprint density at radius 3 is 2.54 bits per heavy atom. The molecule has 3 rings (SSSR count). The van der Waals surface area contributed by atoms with Gasteiger partial charge in [0.15, 0.2) is 11.6 Å². The second-order valence-corrected chi connectivity index (χ2v) is 9.26. The number of hydrogen-bond acceptors (Lipinski definition) is 5. The van der Waals surface area contributed by atoms with E-state index < -0.39 is 15.8 Å². The van der Waals surface area contributed by atoms with Crippen LogP contribution in [-0.2, 0) is 10.0 Å². The summed E-state index contributed by atoms with van der Waals surface area (Å²) in [4.78, 5) is 17.9. The van der Waals surface area contributed by atoms with Crippen molar-refractivity contribution in [1.82, 2.24) is 14.2 Å². The monoisotopic (exact) mass is 429 g/mol.